The second kappa shape index (κ2) is 7.70. The first-order valence-corrected chi connectivity index (χ1v) is 8.37. The molecule has 2 amide bonds. The number of unbranched alkanes of at least 4 members (excludes halogenated alkanes) is 1. The van der Waals surface area contributed by atoms with Crippen LogP contribution in [0.25, 0.3) is 0 Å². The van der Waals surface area contributed by atoms with E-state index in [0.717, 1.165) is 30.7 Å². The Morgan fingerprint density at radius 2 is 2.10 bits per heavy atom. The van der Waals surface area contributed by atoms with E-state index in [1.54, 1.807) is 4.90 Å². The Morgan fingerprint density at radius 1 is 1.38 bits per heavy atom. The third-order valence-electron chi connectivity index (χ3n) is 3.57. The number of nitrogens with zero attached hydrogens (tertiary/aromatic N) is 3. The minimum absolute atomic E-state index is 0.00362. The number of piperidine rings is 1. The highest BCUT2D eigenvalue weighted by molar-refractivity contribution is 7.17. The highest BCUT2D eigenvalue weighted by Crippen LogP contribution is 2.21. The first kappa shape index (κ1) is 16.2. The Hall–Kier alpha value is -1.21. The van der Waals surface area contributed by atoms with E-state index >= 15 is 0 Å². The molecule has 1 N–H and O–H groups in total. The number of hydrogen-bond acceptors (Lipinski definition) is 5. The summed E-state index contributed by atoms with van der Waals surface area (Å²) in [6.07, 6.45) is 3.45. The minimum atomic E-state index is -0.149. The SMILES string of the molecule is CCCCNC(=O)C1CCN(C(=O)c2nnc(Cl)s2)CC1. The molecule has 0 spiro atoms. The zero-order valence-electron chi connectivity index (χ0n) is 12.0. The van der Waals surface area contributed by atoms with Crippen molar-refractivity contribution >= 4 is 34.8 Å². The second-order valence-electron chi connectivity index (χ2n) is 5.07. The molecule has 0 unspecified atom stereocenters. The normalized spacial score (nSPS) is 16.0. The molecular formula is C13H19ClN4O2S. The molecule has 1 aromatic rings. The number of hydrogen-bond donors (Lipinski definition) is 1. The van der Waals surface area contributed by atoms with Gasteiger partial charge in [0.1, 0.15) is 0 Å². The van der Waals surface area contributed by atoms with Crippen molar-refractivity contribution in [2.75, 3.05) is 19.6 Å². The Labute approximate surface area is 132 Å². The molecule has 116 valence electrons. The standard InChI is InChI=1S/C13H19ClN4O2S/c1-2-3-6-15-10(19)9-4-7-18(8-5-9)12(20)11-16-17-13(14)21-11/h9H,2-8H2,1H3,(H,15,19). The molecule has 1 fully saturated rings. The molecule has 0 saturated carbocycles. The molecule has 0 aromatic carbocycles. The van der Waals surface area contributed by atoms with E-state index in [-0.39, 0.29) is 22.2 Å². The molecule has 0 bridgehead atoms. The maximum Gasteiger partial charge on any atom is 0.284 e. The largest absolute Gasteiger partial charge is 0.356 e. The van der Waals surface area contributed by atoms with Gasteiger partial charge in [0.15, 0.2) is 0 Å². The summed E-state index contributed by atoms with van der Waals surface area (Å²) in [6.45, 7) is 3.97. The number of carbonyl (C=O) groups excluding carboxylic acids is 2. The number of likely N-dealkylation sites (tertiary alicyclic amines) is 1. The van der Waals surface area contributed by atoms with Gasteiger partial charge in [0.2, 0.25) is 15.4 Å². The highest BCUT2D eigenvalue weighted by Gasteiger charge is 2.28. The third kappa shape index (κ3) is 4.38. The zero-order valence-corrected chi connectivity index (χ0v) is 13.5. The van der Waals surface area contributed by atoms with Crippen LogP contribution in [0, 0.1) is 5.92 Å². The van der Waals surface area contributed by atoms with Gasteiger partial charge >= 0.3 is 0 Å². The monoisotopic (exact) mass is 330 g/mol. The van der Waals surface area contributed by atoms with E-state index in [2.05, 4.69) is 22.4 Å². The van der Waals surface area contributed by atoms with Crippen LogP contribution in [0.15, 0.2) is 0 Å². The number of nitrogens with one attached hydrogen (secondary N) is 1. The summed E-state index contributed by atoms with van der Waals surface area (Å²) in [7, 11) is 0. The first-order valence-electron chi connectivity index (χ1n) is 7.17. The molecule has 2 rings (SSSR count). The summed E-state index contributed by atoms with van der Waals surface area (Å²) in [5.74, 6) is -0.0392. The van der Waals surface area contributed by atoms with Crippen molar-refractivity contribution in [3.05, 3.63) is 9.47 Å². The Bertz CT molecular complexity index is 500. The summed E-state index contributed by atoms with van der Waals surface area (Å²) in [5, 5.41) is 10.7. The quantitative estimate of drug-likeness (QED) is 0.837. The van der Waals surface area contributed by atoms with Crippen LogP contribution >= 0.6 is 22.9 Å². The maximum atomic E-state index is 12.2. The van der Waals surface area contributed by atoms with Gasteiger partial charge in [-0.3, -0.25) is 9.59 Å². The highest BCUT2D eigenvalue weighted by atomic mass is 35.5. The van der Waals surface area contributed by atoms with Crippen molar-refractivity contribution in [1.82, 2.24) is 20.4 Å². The van der Waals surface area contributed by atoms with Gasteiger partial charge in [-0.1, -0.05) is 24.7 Å². The van der Waals surface area contributed by atoms with Crippen LogP contribution in [-0.2, 0) is 4.79 Å². The van der Waals surface area contributed by atoms with Gasteiger partial charge < -0.3 is 10.2 Å². The second-order valence-corrected chi connectivity index (χ2v) is 6.63. The summed E-state index contributed by atoms with van der Waals surface area (Å²) in [6, 6.07) is 0. The van der Waals surface area contributed by atoms with E-state index in [1.165, 1.54) is 0 Å². The molecule has 0 aliphatic carbocycles. The lowest BCUT2D eigenvalue weighted by Crippen LogP contribution is -2.43. The number of aromatic nitrogens is 2. The molecule has 1 aliphatic rings. The lowest BCUT2D eigenvalue weighted by Gasteiger charge is -2.30. The van der Waals surface area contributed by atoms with Crippen LogP contribution < -0.4 is 5.32 Å². The van der Waals surface area contributed by atoms with Crippen molar-refractivity contribution in [3.8, 4) is 0 Å². The number of amides is 2. The molecule has 8 heteroatoms. The number of halogens is 1. The van der Waals surface area contributed by atoms with Crippen molar-refractivity contribution in [2.45, 2.75) is 32.6 Å². The molecule has 1 aromatic heterocycles. The molecule has 2 heterocycles. The fourth-order valence-corrected chi connectivity index (χ4v) is 3.10. The molecule has 1 saturated heterocycles. The van der Waals surface area contributed by atoms with Crippen molar-refractivity contribution in [1.29, 1.82) is 0 Å². The summed E-state index contributed by atoms with van der Waals surface area (Å²) in [5.41, 5.74) is 0. The van der Waals surface area contributed by atoms with Crippen molar-refractivity contribution < 1.29 is 9.59 Å². The average molecular weight is 331 g/mol. The van der Waals surface area contributed by atoms with Crippen LogP contribution in [0.2, 0.25) is 4.47 Å². The fourth-order valence-electron chi connectivity index (χ4n) is 2.30. The smallest absolute Gasteiger partial charge is 0.284 e. The number of carbonyl (C=O) groups is 2. The van der Waals surface area contributed by atoms with Crippen LogP contribution in [-0.4, -0.2) is 46.5 Å². The lowest BCUT2D eigenvalue weighted by atomic mass is 9.96. The molecule has 0 radical (unpaired) electrons. The van der Waals surface area contributed by atoms with Gasteiger partial charge in [-0.2, -0.15) is 0 Å². The minimum Gasteiger partial charge on any atom is -0.356 e. The predicted molar refractivity (Wildman–Crippen MR) is 81.5 cm³/mol. The van der Waals surface area contributed by atoms with E-state index in [1.807, 2.05) is 0 Å². The van der Waals surface area contributed by atoms with Crippen LogP contribution in [0.3, 0.4) is 0 Å². The molecule has 0 atom stereocenters. The first-order chi connectivity index (χ1) is 10.1. The topological polar surface area (TPSA) is 75.2 Å². The maximum absolute atomic E-state index is 12.2. The van der Waals surface area contributed by atoms with E-state index in [9.17, 15) is 9.59 Å². The third-order valence-corrected chi connectivity index (χ3v) is 4.57. The molecule has 6 nitrogen and oxygen atoms in total. The lowest BCUT2D eigenvalue weighted by molar-refractivity contribution is -0.126. The van der Waals surface area contributed by atoms with Crippen LogP contribution in [0.1, 0.15) is 42.4 Å². The summed E-state index contributed by atoms with van der Waals surface area (Å²) < 4.78 is 0.267. The summed E-state index contributed by atoms with van der Waals surface area (Å²) in [4.78, 5) is 25.9. The van der Waals surface area contributed by atoms with Gasteiger partial charge in [0.05, 0.1) is 0 Å². The van der Waals surface area contributed by atoms with Crippen molar-refractivity contribution in [2.24, 2.45) is 5.92 Å². The van der Waals surface area contributed by atoms with E-state index < -0.39 is 0 Å². The van der Waals surface area contributed by atoms with Gasteiger partial charge in [-0.15, -0.1) is 10.2 Å². The Kier molecular flexibility index (Phi) is 5.93. The molecular weight excluding hydrogens is 312 g/mol. The van der Waals surface area contributed by atoms with Gasteiger partial charge in [-0.05, 0) is 30.9 Å². The number of rotatable bonds is 5. The van der Waals surface area contributed by atoms with Gasteiger partial charge in [0, 0.05) is 25.6 Å². The van der Waals surface area contributed by atoms with Gasteiger partial charge in [-0.25, -0.2) is 0 Å². The average Bonchev–Trinajstić information content (AvgIpc) is 2.93. The predicted octanol–water partition coefficient (Wildman–Crippen LogP) is 1.96. The molecule has 1 aliphatic heterocycles. The van der Waals surface area contributed by atoms with Crippen molar-refractivity contribution in [3.63, 3.8) is 0 Å². The Balaban J connectivity index is 1.80. The van der Waals surface area contributed by atoms with E-state index in [4.69, 9.17) is 11.6 Å². The molecule has 21 heavy (non-hydrogen) atoms. The summed E-state index contributed by atoms with van der Waals surface area (Å²) >= 11 is 6.77. The Morgan fingerprint density at radius 3 is 2.67 bits per heavy atom. The van der Waals surface area contributed by atoms with E-state index in [0.29, 0.717) is 30.9 Å². The van der Waals surface area contributed by atoms with Crippen LogP contribution in [0.5, 0.6) is 0 Å². The van der Waals surface area contributed by atoms with Crippen LogP contribution in [0.4, 0.5) is 0 Å². The van der Waals surface area contributed by atoms with Gasteiger partial charge in [0.25, 0.3) is 5.91 Å². The fraction of sp³-hybridized carbons (Fsp3) is 0.692. The zero-order chi connectivity index (χ0) is 15.2.